The molecule has 32 heavy (non-hydrogen) atoms. The van der Waals surface area contributed by atoms with Gasteiger partial charge in [-0.2, -0.15) is 4.31 Å². The van der Waals surface area contributed by atoms with Crippen molar-refractivity contribution in [2.75, 3.05) is 13.2 Å². The van der Waals surface area contributed by atoms with Gasteiger partial charge in [0.25, 0.3) is 5.91 Å². The molecule has 0 aliphatic carbocycles. The average Bonchev–Trinajstić information content (AvgIpc) is 3.00. The molecule has 0 spiro atoms. The topological polar surface area (TPSA) is 75.7 Å². The van der Waals surface area contributed by atoms with Gasteiger partial charge in [-0.25, -0.2) is 8.42 Å². The van der Waals surface area contributed by atoms with Crippen LogP contribution in [-0.4, -0.2) is 31.8 Å². The normalized spacial score (nSPS) is 14.2. The van der Waals surface area contributed by atoms with Crippen molar-refractivity contribution in [1.82, 2.24) is 9.62 Å². The third kappa shape index (κ3) is 4.84. The third-order valence-corrected chi connectivity index (χ3v) is 7.22. The molecule has 0 atom stereocenters. The predicted molar refractivity (Wildman–Crippen MR) is 123 cm³/mol. The molecular weight excluding hydrogens is 424 g/mol. The van der Waals surface area contributed by atoms with Gasteiger partial charge in [0.15, 0.2) is 0 Å². The van der Waals surface area contributed by atoms with E-state index in [4.69, 9.17) is 4.74 Å². The van der Waals surface area contributed by atoms with Crippen LogP contribution in [0, 0.1) is 13.8 Å². The van der Waals surface area contributed by atoms with Crippen LogP contribution < -0.4 is 10.1 Å². The molecule has 1 aliphatic heterocycles. The first-order chi connectivity index (χ1) is 15.3. The monoisotopic (exact) mass is 450 g/mol. The Kier molecular flexibility index (Phi) is 6.30. The van der Waals surface area contributed by atoms with E-state index in [-0.39, 0.29) is 30.5 Å². The van der Waals surface area contributed by atoms with E-state index in [1.165, 1.54) is 4.31 Å². The molecule has 1 heterocycles. The summed E-state index contributed by atoms with van der Waals surface area (Å²) in [6.07, 6.45) is 0. The summed E-state index contributed by atoms with van der Waals surface area (Å²) >= 11 is 0. The number of aryl methyl sites for hydroxylation is 2. The van der Waals surface area contributed by atoms with Gasteiger partial charge in [0.1, 0.15) is 12.4 Å². The van der Waals surface area contributed by atoms with Gasteiger partial charge >= 0.3 is 0 Å². The minimum absolute atomic E-state index is 0.143. The van der Waals surface area contributed by atoms with Crippen LogP contribution in [0.5, 0.6) is 5.75 Å². The first kappa shape index (κ1) is 22.0. The largest absolute Gasteiger partial charge is 0.492 e. The molecule has 3 aromatic carbocycles. The predicted octanol–water partition coefficient (Wildman–Crippen LogP) is 3.82. The highest BCUT2D eigenvalue weighted by molar-refractivity contribution is 7.89. The fraction of sp³-hybridized carbons (Fsp3) is 0.240. The highest BCUT2D eigenvalue weighted by atomic mass is 32.2. The molecule has 7 heteroatoms. The summed E-state index contributed by atoms with van der Waals surface area (Å²) in [7, 11) is -3.70. The smallest absolute Gasteiger partial charge is 0.251 e. The second kappa shape index (κ2) is 9.14. The van der Waals surface area contributed by atoms with Crippen LogP contribution in [0.2, 0.25) is 0 Å². The fourth-order valence-electron chi connectivity index (χ4n) is 3.83. The Bertz CT molecular complexity index is 1220. The summed E-state index contributed by atoms with van der Waals surface area (Å²) < 4.78 is 33.8. The number of nitrogens with one attached hydrogen (secondary N) is 1. The lowest BCUT2D eigenvalue weighted by molar-refractivity contribution is 0.0950. The number of nitrogens with zero attached hydrogens (tertiary/aromatic N) is 1. The zero-order chi connectivity index (χ0) is 22.7. The van der Waals surface area contributed by atoms with Crippen molar-refractivity contribution < 1.29 is 17.9 Å². The summed E-state index contributed by atoms with van der Waals surface area (Å²) in [5, 5.41) is 2.91. The molecule has 4 rings (SSSR count). The van der Waals surface area contributed by atoms with Crippen molar-refractivity contribution in [3.05, 3.63) is 94.5 Å². The Morgan fingerprint density at radius 2 is 1.72 bits per heavy atom. The molecule has 0 aromatic heterocycles. The molecule has 1 amide bonds. The summed E-state index contributed by atoms with van der Waals surface area (Å²) in [5.41, 5.74) is 3.93. The van der Waals surface area contributed by atoms with E-state index in [0.29, 0.717) is 23.4 Å². The van der Waals surface area contributed by atoms with Gasteiger partial charge in [-0.15, -0.1) is 0 Å². The second-order valence-corrected chi connectivity index (χ2v) is 9.94. The summed E-state index contributed by atoms with van der Waals surface area (Å²) in [5.74, 6) is 0.382. The number of sulfonamides is 1. The van der Waals surface area contributed by atoms with Gasteiger partial charge in [-0.1, -0.05) is 36.4 Å². The highest BCUT2D eigenvalue weighted by Gasteiger charge is 2.28. The lowest BCUT2D eigenvalue weighted by atomic mass is 10.1. The van der Waals surface area contributed by atoms with Crippen molar-refractivity contribution in [2.45, 2.75) is 31.8 Å². The Morgan fingerprint density at radius 3 is 2.44 bits per heavy atom. The Labute approximate surface area is 188 Å². The minimum atomic E-state index is -3.70. The number of hydrogen-bond donors (Lipinski definition) is 1. The standard InChI is InChI=1S/C25H26N2O4S/c1-18-12-19(2)14-23(13-18)32(29,30)27-10-11-31-24-9-8-21(15-22(24)17-27)25(28)26-16-20-6-4-3-5-7-20/h3-9,12-15H,10-11,16-17H2,1-2H3,(H,26,28). The van der Waals surface area contributed by atoms with E-state index in [1.807, 2.05) is 50.2 Å². The van der Waals surface area contributed by atoms with Gasteiger partial charge < -0.3 is 10.1 Å². The number of amides is 1. The highest BCUT2D eigenvalue weighted by Crippen LogP contribution is 2.28. The van der Waals surface area contributed by atoms with Crippen LogP contribution in [0.25, 0.3) is 0 Å². The second-order valence-electron chi connectivity index (χ2n) is 8.00. The quantitative estimate of drug-likeness (QED) is 0.641. The first-order valence-corrected chi connectivity index (χ1v) is 11.9. The maximum atomic E-state index is 13.3. The van der Waals surface area contributed by atoms with Crippen LogP contribution in [-0.2, 0) is 23.1 Å². The third-order valence-electron chi connectivity index (χ3n) is 5.40. The van der Waals surface area contributed by atoms with E-state index < -0.39 is 10.0 Å². The van der Waals surface area contributed by atoms with Crippen LogP contribution in [0.4, 0.5) is 0 Å². The minimum Gasteiger partial charge on any atom is -0.492 e. The number of ether oxygens (including phenoxy) is 1. The summed E-state index contributed by atoms with van der Waals surface area (Å²) in [4.78, 5) is 13.0. The fourth-order valence-corrected chi connectivity index (χ4v) is 5.42. The van der Waals surface area contributed by atoms with Crippen molar-refractivity contribution in [1.29, 1.82) is 0 Å². The summed E-state index contributed by atoms with van der Waals surface area (Å²) in [6.45, 7) is 4.81. The van der Waals surface area contributed by atoms with Crippen molar-refractivity contribution in [2.24, 2.45) is 0 Å². The molecule has 1 N–H and O–H groups in total. The van der Waals surface area contributed by atoms with E-state index >= 15 is 0 Å². The Hall–Kier alpha value is -3.16. The Morgan fingerprint density at radius 1 is 1.00 bits per heavy atom. The number of benzene rings is 3. The van der Waals surface area contributed by atoms with E-state index in [0.717, 1.165) is 16.7 Å². The molecule has 1 aliphatic rings. The van der Waals surface area contributed by atoms with Gasteiger partial charge in [-0.05, 0) is 60.9 Å². The van der Waals surface area contributed by atoms with Crippen LogP contribution in [0.3, 0.4) is 0 Å². The lowest BCUT2D eigenvalue weighted by Crippen LogP contribution is -2.32. The van der Waals surface area contributed by atoms with E-state index in [1.54, 1.807) is 30.3 Å². The number of carbonyl (C=O) groups excluding carboxylic acids is 1. The van der Waals surface area contributed by atoms with E-state index in [9.17, 15) is 13.2 Å². The molecule has 0 bridgehead atoms. The molecule has 0 radical (unpaired) electrons. The van der Waals surface area contributed by atoms with Crippen LogP contribution in [0.1, 0.15) is 32.6 Å². The van der Waals surface area contributed by atoms with Gasteiger partial charge in [0.05, 0.1) is 4.90 Å². The average molecular weight is 451 g/mol. The van der Waals surface area contributed by atoms with Crippen molar-refractivity contribution in [3.63, 3.8) is 0 Å². The molecule has 0 saturated carbocycles. The van der Waals surface area contributed by atoms with Crippen molar-refractivity contribution in [3.8, 4) is 5.75 Å². The first-order valence-electron chi connectivity index (χ1n) is 10.5. The number of rotatable bonds is 5. The van der Waals surface area contributed by atoms with E-state index in [2.05, 4.69) is 5.32 Å². The van der Waals surface area contributed by atoms with Crippen LogP contribution >= 0.6 is 0 Å². The summed E-state index contributed by atoms with van der Waals surface area (Å²) in [6, 6.07) is 20.1. The lowest BCUT2D eigenvalue weighted by Gasteiger charge is -2.20. The number of fused-ring (bicyclic) bond motifs is 1. The molecular formula is C25H26N2O4S. The molecule has 3 aromatic rings. The van der Waals surface area contributed by atoms with Gasteiger partial charge in [-0.3, -0.25) is 4.79 Å². The molecule has 166 valence electrons. The SMILES string of the molecule is Cc1cc(C)cc(S(=O)(=O)N2CCOc3ccc(C(=O)NCc4ccccc4)cc3C2)c1. The molecule has 0 saturated heterocycles. The zero-order valence-corrected chi connectivity index (χ0v) is 19.0. The zero-order valence-electron chi connectivity index (χ0n) is 18.2. The molecule has 0 unspecified atom stereocenters. The van der Waals surface area contributed by atoms with Gasteiger partial charge in [0, 0.05) is 30.8 Å². The maximum absolute atomic E-state index is 13.3. The molecule has 6 nitrogen and oxygen atoms in total. The van der Waals surface area contributed by atoms with Crippen LogP contribution in [0.15, 0.2) is 71.6 Å². The maximum Gasteiger partial charge on any atom is 0.251 e. The Balaban J connectivity index is 1.56. The molecule has 0 fully saturated rings. The van der Waals surface area contributed by atoms with Crippen molar-refractivity contribution >= 4 is 15.9 Å². The van der Waals surface area contributed by atoms with Gasteiger partial charge in [0.2, 0.25) is 10.0 Å². The number of carbonyl (C=O) groups is 1. The number of hydrogen-bond acceptors (Lipinski definition) is 4.